The van der Waals surface area contributed by atoms with Crippen LogP contribution in [0.4, 0.5) is 0 Å². The Hall–Kier alpha value is -2.32. The molecule has 0 amide bonds. The number of aryl methyl sites for hydroxylation is 2. The molecule has 0 atom stereocenters. The van der Waals surface area contributed by atoms with Crippen LogP contribution < -0.4 is 0 Å². The quantitative estimate of drug-likeness (QED) is 0.578. The molecule has 134 valence electrons. The number of hydrogen-bond acceptors (Lipinski definition) is 5. The summed E-state index contributed by atoms with van der Waals surface area (Å²) in [5.41, 5.74) is 3.80. The fraction of sp³-hybridized carbons (Fsp3) is 0.381. The highest BCUT2D eigenvalue weighted by atomic mass is 32.2. The lowest BCUT2D eigenvalue weighted by Crippen LogP contribution is -2.09. The Bertz CT molecular complexity index is 800. The monoisotopic (exact) mass is 366 g/mol. The summed E-state index contributed by atoms with van der Waals surface area (Å²) in [4.78, 5) is 16.7. The molecule has 26 heavy (non-hydrogen) atoms. The molecule has 0 radical (unpaired) electrons. The molecule has 1 aromatic carbocycles. The second kappa shape index (κ2) is 9.40. The van der Waals surface area contributed by atoms with Crippen LogP contribution >= 0.6 is 11.8 Å². The van der Waals surface area contributed by atoms with Crippen molar-refractivity contribution < 1.29 is 9.53 Å². The van der Waals surface area contributed by atoms with Crippen molar-refractivity contribution in [1.82, 2.24) is 4.98 Å². The third-order valence-corrected chi connectivity index (χ3v) is 5.42. The van der Waals surface area contributed by atoms with Crippen molar-refractivity contribution in [2.45, 2.75) is 50.2 Å². The number of pyridine rings is 1. The number of ether oxygens (including phenoxy) is 1. The largest absolute Gasteiger partial charge is 0.460 e. The van der Waals surface area contributed by atoms with Gasteiger partial charge in [0.05, 0.1) is 11.3 Å². The van der Waals surface area contributed by atoms with E-state index in [-0.39, 0.29) is 18.3 Å². The summed E-state index contributed by atoms with van der Waals surface area (Å²) in [6.07, 6.45) is 6.70. The fourth-order valence-electron chi connectivity index (χ4n) is 3.07. The van der Waals surface area contributed by atoms with Crippen molar-refractivity contribution in [3.63, 3.8) is 0 Å². The van der Waals surface area contributed by atoms with Gasteiger partial charge in [0, 0.05) is 5.69 Å². The molecule has 0 unspecified atom stereocenters. The maximum Gasteiger partial charge on any atom is 0.316 e. The molecular formula is C21H22N2O2S. The molecule has 0 N–H and O–H groups in total. The van der Waals surface area contributed by atoms with Gasteiger partial charge in [0.25, 0.3) is 0 Å². The van der Waals surface area contributed by atoms with E-state index in [1.54, 1.807) is 0 Å². The first kappa shape index (κ1) is 18.5. The van der Waals surface area contributed by atoms with Gasteiger partial charge in [0.1, 0.15) is 17.7 Å². The average Bonchev–Trinajstić information content (AvgIpc) is 2.66. The molecule has 5 heteroatoms. The van der Waals surface area contributed by atoms with Crippen LogP contribution in [0.15, 0.2) is 41.4 Å². The summed E-state index contributed by atoms with van der Waals surface area (Å²) in [7, 11) is 0. The standard InChI is InChI=1S/C21H22N2O2S/c22-13-18-12-17-10-6-1-2-7-11-19(17)23-21(18)26-15-20(24)25-14-16-8-4-3-5-9-16/h3-5,8-9,12H,1-2,6-7,10-11,14-15H2. The first-order chi connectivity index (χ1) is 12.8. The van der Waals surface area contributed by atoms with E-state index in [1.807, 2.05) is 36.4 Å². The smallest absolute Gasteiger partial charge is 0.316 e. The topological polar surface area (TPSA) is 63.0 Å². The van der Waals surface area contributed by atoms with Gasteiger partial charge in [0.15, 0.2) is 0 Å². The maximum atomic E-state index is 12.0. The summed E-state index contributed by atoms with van der Waals surface area (Å²) in [5.74, 6) is -0.135. The minimum atomic E-state index is -0.295. The molecule has 0 fully saturated rings. The molecular weight excluding hydrogens is 344 g/mol. The molecule has 0 saturated heterocycles. The fourth-order valence-corrected chi connectivity index (χ4v) is 3.84. The van der Waals surface area contributed by atoms with Gasteiger partial charge in [0.2, 0.25) is 0 Å². The normalized spacial score (nSPS) is 13.8. The van der Waals surface area contributed by atoms with Gasteiger partial charge in [-0.1, -0.05) is 54.9 Å². The SMILES string of the molecule is N#Cc1cc2c(nc1SCC(=O)OCc1ccccc1)CCCCCC2. The van der Waals surface area contributed by atoms with Crippen molar-refractivity contribution in [1.29, 1.82) is 5.26 Å². The van der Waals surface area contributed by atoms with Gasteiger partial charge < -0.3 is 4.74 Å². The van der Waals surface area contributed by atoms with E-state index in [0.717, 1.165) is 36.9 Å². The summed E-state index contributed by atoms with van der Waals surface area (Å²) >= 11 is 1.29. The van der Waals surface area contributed by atoms with Crippen LogP contribution in [0.1, 0.15) is 48.1 Å². The number of carbonyl (C=O) groups is 1. The highest BCUT2D eigenvalue weighted by Crippen LogP contribution is 2.26. The first-order valence-corrected chi connectivity index (χ1v) is 10.00. The molecule has 2 aromatic rings. The van der Waals surface area contributed by atoms with Gasteiger partial charge in [-0.15, -0.1) is 0 Å². The summed E-state index contributed by atoms with van der Waals surface area (Å²) in [6.45, 7) is 0.267. The number of nitrogens with zero attached hydrogens (tertiary/aromatic N) is 2. The van der Waals surface area contributed by atoms with Gasteiger partial charge in [-0.05, 0) is 42.9 Å². The number of thioether (sulfide) groups is 1. The zero-order valence-corrected chi connectivity index (χ0v) is 15.6. The van der Waals surface area contributed by atoms with E-state index in [1.165, 1.54) is 30.2 Å². The molecule has 0 bridgehead atoms. The van der Waals surface area contributed by atoms with Crippen molar-refractivity contribution in [2.75, 3.05) is 5.75 Å². The van der Waals surface area contributed by atoms with Gasteiger partial charge in [-0.3, -0.25) is 4.79 Å². The Morgan fingerprint density at radius 2 is 1.92 bits per heavy atom. The number of nitriles is 1. The van der Waals surface area contributed by atoms with Crippen LogP contribution in [0.5, 0.6) is 0 Å². The number of carbonyl (C=O) groups excluding carboxylic acids is 1. The van der Waals surface area contributed by atoms with Crippen molar-refractivity contribution in [3.05, 3.63) is 58.8 Å². The van der Waals surface area contributed by atoms with E-state index in [0.29, 0.717) is 10.6 Å². The Balaban J connectivity index is 1.62. The van der Waals surface area contributed by atoms with Crippen LogP contribution in [0, 0.1) is 11.3 Å². The van der Waals surface area contributed by atoms with Crippen LogP contribution in [-0.2, 0) is 29.0 Å². The lowest BCUT2D eigenvalue weighted by Gasteiger charge is -2.15. The number of aromatic nitrogens is 1. The number of hydrogen-bond donors (Lipinski definition) is 0. The predicted octanol–water partition coefficient (Wildman–Crippen LogP) is 4.45. The van der Waals surface area contributed by atoms with Crippen LogP contribution in [0.3, 0.4) is 0 Å². The third-order valence-electron chi connectivity index (χ3n) is 4.46. The highest BCUT2D eigenvalue weighted by Gasteiger charge is 2.15. The van der Waals surface area contributed by atoms with E-state index in [9.17, 15) is 10.1 Å². The second-order valence-corrected chi connectivity index (χ2v) is 7.37. The third kappa shape index (κ3) is 5.09. The molecule has 0 aliphatic heterocycles. The molecule has 1 aliphatic rings. The Morgan fingerprint density at radius 1 is 1.15 bits per heavy atom. The lowest BCUT2D eigenvalue weighted by molar-refractivity contribution is -0.141. The number of fused-ring (bicyclic) bond motifs is 1. The molecule has 1 aromatic heterocycles. The second-order valence-electron chi connectivity index (χ2n) is 6.41. The molecule has 4 nitrogen and oxygen atoms in total. The lowest BCUT2D eigenvalue weighted by atomic mass is 9.96. The van der Waals surface area contributed by atoms with Crippen molar-refractivity contribution in [3.8, 4) is 6.07 Å². The molecule has 0 saturated carbocycles. The van der Waals surface area contributed by atoms with E-state index in [2.05, 4.69) is 6.07 Å². The first-order valence-electron chi connectivity index (χ1n) is 9.01. The maximum absolute atomic E-state index is 12.0. The Kier molecular flexibility index (Phi) is 6.68. The van der Waals surface area contributed by atoms with Gasteiger partial charge in [-0.25, -0.2) is 4.98 Å². The van der Waals surface area contributed by atoms with Crippen molar-refractivity contribution >= 4 is 17.7 Å². The number of benzene rings is 1. The summed E-state index contributed by atoms with van der Waals surface area (Å²) in [6, 6.07) is 13.8. The molecule has 1 aliphatic carbocycles. The number of rotatable bonds is 5. The summed E-state index contributed by atoms with van der Waals surface area (Å²) < 4.78 is 5.30. The van der Waals surface area contributed by atoms with Gasteiger partial charge in [-0.2, -0.15) is 5.26 Å². The molecule has 1 heterocycles. The zero-order valence-electron chi connectivity index (χ0n) is 14.7. The van der Waals surface area contributed by atoms with Crippen LogP contribution in [0.2, 0.25) is 0 Å². The van der Waals surface area contributed by atoms with Crippen LogP contribution in [-0.4, -0.2) is 16.7 Å². The van der Waals surface area contributed by atoms with E-state index < -0.39 is 0 Å². The Labute approximate surface area is 158 Å². The van der Waals surface area contributed by atoms with E-state index in [4.69, 9.17) is 9.72 Å². The van der Waals surface area contributed by atoms with Crippen LogP contribution in [0.25, 0.3) is 0 Å². The molecule has 3 rings (SSSR count). The van der Waals surface area contributed by atoms with Gasteiger partial charge >= 0.3 is 5.97 Å². The highest BCUT2D eigenvalue weighted by molar-refractivity contribution is 7.99. The average molecular weight is 366 g/mol. The minimum Gasteiger partial charge on any atom is -0.460 e. The predicted molar refractivity (Wildman–Crippen MR) is 102 cm³/mol. The number of esters is 1. The minimum absolute atomic E-state index is 0.160. The van der Waals surface area contributed by atoms with E-state index >= 15 is 0 Å². The zero-order chi connectivity index (χ0) is 18.2. The summed E-state index contributed by atoms with van der Waals surface area (Å²) in [5, 5.41) is 10.1. The molecule has 0 spiro atoms. The Morgan fingerprint density at radius 3 is 2.69 bits per heavy atom. The van der Waals surface area contributed by atoms with Crippen molar-refractivity contribution in [2.24, 2.45) is 0 Å².